The monoisotopic (exact) mass is 214 g/mol. The topological polar surface area (TPSA) is 20.2 Å². The van der Waals surface area contributed by atoms with E-state index in [1.807, 2.05) is 20.8 Å². The lowest BCUT2D eigenvalue weighted by Gasteiger charge is -2.25. The van der Waals surface area contributed by atoms with Crippen molar-refractivity contribution in [1.82, 2.24) is 0 Å². The van der Waals surface area contributed by atoms with Crippen molar-refractivity contribution in [3.05, 3.63) is 35.4 Å². The number of aliphatic hydroxyl groups excluding tert-OH is 1. The fourth-order valence-electron chi connectivity index (χ4n) is 1.22. The summed E-state index contributed by atoms with van der Waals surface area (Å²) in [5.41, 5.74) is -0.115. The number of benzene rings is 1. The van der Waals surface area contributed by atoms with Crippen molar-refractivity contribution in [2.24, 2.45) is 5.41 Å². The van der Waals surface area contributed by atoms with Crippen molar-refractivity contribution in [3.8, 4) is 0 Å². The van der Waals surface area contributed by atoms with Crippen LogP contribution >= 0.6 is 0 Å². The van der Waals surface area contributed by atoms with Gasteiger partial charge in [-0.1, -0.05) is 32.9 Å². The minimum absolute atomic E-state index is 0.132. The first-order valence-electron chi connectivity index (χ1n) is 4.93. The number of aliphatic hydroxyl groups is 1. The van der Waals surface area contributed by atoms with E-state index in [1.54, 1.807) is 0 Å². The van der Waals surface area contributed by atoms with Crippen LogP contribution < -0.4 is 0 Å². The van der Waals surface area contributed by atoms with E-state index in [0.29, 0.717) is 0 Å². The van der Waals surface area contributed by atoms with Gasteiger partial charge in [0.2, 0.25) is 0 Å². The van der Waals surface area contributed by atoms with Crippen molar-refractivity contribution >= 4 is 0 Å². The molecule has 15 heavy (non-hydrogen) atoms. The van der Waals surface area contributed by atoms with E-state index in [9.17, 15) is 13.9 Å². The van der Waals surface area contributed by atoms with Crippen LogP contribution in [0.4, 0.5) is 8.78 Å². The fourth-order valence-corrected chi connectivity index (χ4v) is 1.22. The van der Waals surface area contributed by atoms with E-state index >= 15 is 0 Å². The second kappa shape index (κ2) is 4.27. The second-order valence-corrected chi connectivity index (χ2v) is 4.80. The quantitative estimate of drug-likeness (QED) is 0.802. The molecule has 0 aromatic heterocycles. The molecule has 84 valence electrons. The van der Waals surface area contributed by atoms with Crippen LogP contribution in [0, 0.1) is 17.0 Å². The van der Waals surface area contributed by atoms with E-state index in [2.05, 4.69) is 0 Å². The van der Waals surface area contributed by atoms with Crippen LogP contribution in [0.25, 0.3) is 0 Å². The number of rotatable bonds is 2. The molecule has 1 unspecified atom stereocenters. The number of hydrogen-bond acceptors (Lipinski definition) is 1. The highest BCUT2D eigenvalue weighted by Crippen LogP contribution is 2.23. The average Bonchev–Trinajstić information content (AvgIpc) is 2.11. The van der Waals surface area contributed by atoms with E-state index < -0.39 is 17.7 Å². The Hall–Kier alpha value is -0.960. The summed E-state index contributed by atoms with van der Waals surface area (Å²) >= 11 is 0. The van der Waals surface area contributed by atoms with Gasteiger partial charge < -0.3 is 5.11 Å². The first-order valence-corrected chi connectivity index (χ1v) is 4.93. The van der Waals surface area contributed by atoms with Gasteiger partial charge in [-0.15, -0.1) is 0 Å². The maximum absolute atomic E-state index is 13.3. The predicted octanol–water partition coefficient (Wildman–Crippen LogP) is 2.91. The van der Waals surface area contributed by atoms with Gasteiger partial charge in [-0.3, -0.25) is 0 Å². The lowest BCUT2D eigenvalue weighted by atomic mass is 9.85. The molecule has 1 aromatic rings. The summed E-state index contributed by atoms with van der Waals surface area (Å²) in [6.07, 6.45) is -0.554. The van der Waals surface area contributed by atoms with Crippen LogP contribution in [-0.4, -0.2) is 11.2 Å². The third kappa shape index (κ3) is 2.99. The molecule has 0 heterocycles. The Morgan fingerprint density at radius 1 is 1.27 bits per heavy atom. The summed E-state index contributed by atoms with van der Waals surface area (Å²) in [7, 11) is 0. The number of hydrogen-bond donors (Lipinski definition) is 1. The number of halogens is 2. The van der Waals surface area contributed by atoms with Gasteiger partial charge in [0.05, 0.1) is 6.10 Å². The van der Waals surface area contributed by atoms with Crippen molar-refractivity contribution in [2.45, 2.75) is 33.3 Å². The molecule has 0 aliphatic rings. The van der Waals surface area contributed by atoms with Crippen LogP contribution in [0.1, 0.15) is 26.3 Å². The zero-order valence-electron chi connectivity index (χ0n) is 9.22. The highest BCUT2D eigenvalue weighted by molar-refractivity contribution is 5.20. The SMILES string of the molecule is CC(C)(C)C(O)Cc1cccc(F)c1F. The van der Waals surface area contributed by atoms with Crippen LogP contribution in [0.3, 0.4) is 0 Å². The molecule has 0 amide bonds. The maximum atomic E-state index is 13.3. The van der Waals surface area contributed by atoms with E-state index in [0.717, 1.165) is 6.07 Å². The third-order valence-electron chi connectivity index (χ3n) is 2.44. The smallest absolute Gasteiger partial charge is 0.162 e. The molecule has 0 fully saturated rings. The van der Waals surface area contributed by atoms with E-state index in [1.165, 1.54) is 12.1 Å². The molecular weight excluding hydrogens is 198 g/mol. The Balaban J connectivity index is 2.86. The summed E-state index contributed by atoms with van der Waals surface area (Å²) in [6, 6.07) is 4.01. The minimum Gasteiger partial charge on any atom is -0.392 e. The Morgan fingerprint density at radius 2 is 1.87 bits per heavy atom. The van der Waals surface area contributed by atoms with Gasteiger partial charge in [-0.2, -0.15) is 0 Å². The first-order chi connectivity index (χ1) is 6.82. The van der Waals surface area contributed by atoms with Crippen molar-refractivity contribution in [3.63, 3.8) is 0 Å². The molecular formula is C12H16F2O. The largest absolute Gasteiger partial charge is 0.392 e. The van der Waals surface area contributed by atoms with Crippen molar-refractivity contribution in [2.75, 3.05) is 0 Å². The van der Waals surface area contributed by atoms with Crippen LogP contribution in [-0.2, 0) is 6.42 Å². The molecule has 0 saturated heterocycles. The first kappa shape index (κ1) is 12.1. The van der Waals surface area contributed by atoms with Crippen LogP contribution in [0.15, 0.2) is 18.2 Å². The maximum Gasteiger partial charge on any atom is 0.162 e. The summed E-state index contributed by atoms with van der Waals surface area (Å²) in [4.78, 5) is 0. The van der Waals surface area contributed by atoms with Crippen LogP contribution in [0.5, 0.6) is 0 Å². The fraction of sp³-hybridized carbons (Fsp3) is 0.500. The molecule has 1 rings (SSSR count). The van der Waals surface area contributed by atoms with Gasteiger partial charge in [-0.05, 0) is 17.0 Å². The molecule has 0 aliphatic heterocycles. The molecule has 1 atom stereocenters. The van der Waals surface area contributed by atoms with Gasteiger partial charge in [0.1, 0.15) is 0 Å². The Kier molecular flexibility index (Phi) is 3.45. The summed E-state index contributed by atoms with van der Waals surface area (Å²) in [6.45, 7) is 5.57. The molecule has 0 radical (unpaired) electrons. The normalized spacial score (nSPS) is 14.0. The van der Waals surface area contributed by atoms with E-state index in [-0.39, 0.29) is 17.4 Å². The summed E-state index contributed by atoms with van der Waals surface area (Å²) in [5.74, 6) is -1.73. The highest BCUT2D eigenvalue weighted by atomic mass is 19.2. The Bertz CT molecular complexity index is 342. The lowest BCUT2D eigenvalue weighted by molar-refractivity contribution is 0.0627. The molecule has 1 aromatic carbocycles. The minimum atomic E-state index is -0.867. The van der Waals surface area contributed by atoms with Crippen LogP contribution in [0.2, 0.25) is 0 Å². The van der Waals surface area contributed by atoms with E-state index in [4.69, 9.17) is 0 Å². The zero-order chi connectivity index (χ0) is 11.6. The molecule has 0 bridgehead atoms. The van der Waals surface area contributed by atoms with Crippen molar-refractivity contribution < 1.29 is 13.9 Å². The summed E-state index contributed by atoms with van der Waals surface area (Å²) in [5, 5.41) is 9.77. The Morgan fingerprint density at radius 3 is 2.40 bits per heavy atom. The second-order valence-electron chi connectivity index (χ2n) is 4.80. The molecule has 1 N–H and O–H groups in total. The predicted molar refractivity (Wildman–Crippen MR) is 55.5 cm³/mol. The highest BCUT2D eigenvalue weighted by Gasteiger charge is 2.23. The van der Waals surface area contributed by atoms with Crippen molar-refractivity contribution in [1.29, 1.82) is 0 Å². The van der Waals surface area contributed by atoms with Gasteiger partial charge in [0.15, 0.2) is 11.6 Å². The summed E-state index contributed by atoms with van der Waals surface area (Å²) < 4.78 is 26.1. The third-order valence-corrected chi connectivity index (χ3v) is 2.44. The molecule has 1 nitrogen and oxygen atoms in total. The average molecular weight is 214 g/mol. The standard InChI is InChI=1S/C12H16F2O/c1-12(2,3)10(15)7-8-5-4-6-9(13)11(8)14/h4-6,10,15H,7H2,1-3H3. The molecule has 0 spiro atoms. The van der Waals surface area contributed by atoms with Gasteiger partial charge in [-0.25, -0.2) is 8.78 Å². The zero-order valence-corrected chi connectivity index (χ0v) is 9.22. The molecule has 0 saturated carbocycles. The molecule has 0 aliphatic carbocycles. The van der Waals surface area contributed by atoms with Gasteiger partial charge in [0, 0.05) is 6.42 Å². The molecule has 3 heteroatoms. The van der Waals surface area contributed by atoms with Gasteiger partial charge in [0.25, 0.3) is 0 Å². The Labute approximate surface area is 88.7 Å². The lowest BCUT2D eigenvalue weighted by Crippen LogP contribution is -2.28. The van der Waals surface area contributed by atoms with Gasteiger partial charge >= 0.3 is 0 Å².